The van der Waals surface area contributed by atoms with Crippen molar-refractivity contribution in [3.05, 3.63) is 70.8 Å². The van der Waals surface area contributed by atoms with Crippen LogP contribution in [0, 0.1) is 6.92 Å². The second-order valence-electron chi connectivity index (χ2n) is 6.52. The molecule has 2 aromatic rings. The number of aryl methyl sites for hydroxylation is 1. The van der Waals surface area contributed by atoms with E-state index in [1.54, 1.807) is 24.3 Å². The van der Waals surface area contributed by atoms with Crippen LogP contribution in [0.15, 0.2) is 48.5 Å². The van der Waals surface area contributed by atoms with Crippen molar-refractivity contribution in [3.8, 4) is 0 Å². The average Bonchev–Trinajstić information content (AvgIpc) is 2.87. The van der Waals surface area contributed by atoms with Gasteiger partial charge >= 0.3 is 0 Å². The first-order valence-electron chi connectivity index (χ1n) is 8.51. The largest absolute Gasteiger partial charge is 0.268 e. The fourth-order valence-corrected chi connectivity index (χ4v) is 4.46. The molecule has 1 unspecified atom stereocenters. The molecular formula is C21H18BrNO2. The van der Waals surface area contributed by atoms with Crippen molar-refractivity contribution in [2.24, 2.45) is 0 Å². The van der Waals surface area contributed by atoms with Gasteiger partial charge in [-0.15, -0.1) is 0 Å². The van der Waals surface area contributed by atoms with E-state index in [1.807, 2.05) is 25.1 Å². The number of imide groups is 1. The molecular weight excluding hydrogens is 378 g/mol. The number of anilines is 1. The van der Waals surface area contributed by atoms with Gasteiger partial charge in [-0.3, -0.25) is 9.59 Å². The van der Waals surface area contributed by atoms with Crippen LogP contribution >= 0.6 is 15.9 Å². The van der Waals surface area contributed by atoms with Gasteiger partial charge in [0.05, 0.1) is 16.8 Å². The highest BCUT2D eigenvalue weighted by molar-refractivity contribution is 9.09. The summed E-state index contributed by atoms with van der Waals surface area (Å²) in [6.07, 6.45) is 5.45. The van der Waals surface area contributed by atoms with Crippen molar-refractivity contribution in [3.63, 3.8) is 0 Å². The number of nitrogens with zero attached hydrogens (tertiary/aromatic N) is 1. The fourth-order valence-electron chi connectivity index (χ4n) is 3.70. The maximum absolute atomic E-state index is 13.0. The van der Waals surface area contributed by atoms with Crippen LogP contribution in [-0.2, 0) is 0 Å². The van der Waals surface area contributed by atoms with Crippen LogP contribution in [0.3, 0.4) is 0 Å². The highest BCUT2D eigenvalue weighted by Crippen LogP contribution is 2.41. The first kappa shape index (κ1) is 16.3. The molecule has 1 atom stereocenters. The van der Waals surface area contributed by atoms with Crippen LogP contribution in [0.25, 0.3) is 5.57 Å². The highest BCUT2D eigenvalue weighted by Gasteiger charge is 2.38. The lowest BCUT2D eigenvalue weighted by molar-refractivity contribution is 0.0926. The molecule has 2 amide bonds. The predicted molar refractivity (Wildman–Crippen MR) is 103 cm³/mol. The molecule has 0 radical (unpaired) electrons. The Balaban J connectivity index is 1.89. The molecule has 4 heteroatoms. The lowest BCUT2D eigenvalue weighted by Crippen LogP contribution is -2.31. The van der Waals surface area contributed by atoms with E-state index in [9.17, 15) is 9.59 Å². The number of carbonyl (C=O) groups is 2. The topological polar surface area (TPSA) is 37.4 Å². The van der Waals surface area contributed by atoms with Gasteiger partial charge in [0.1, 0.15) is 0 Å². The van der Waals surface area contributed by atoms with Gasteiger partial charge in [0.15, 0.2) is 0 Å². The Bertz CT molecular complexity index is 881. The summed E-state index contributed by atoms with van der Waals surface area (Å²) in [5, 5.41) is 0. The smallest absolute Gasteiger partial charge is 0.266 e. The number of hydrogen-bond acceptors (Lipinski definition) is 2. The van der Waals surface area contributed by atoms with Gasteiger partial charge in [0, 0.05) is 10.4 Å². The number of benzene rings is 2. The summed E-state index contributed by atoms with van der Waals surface area (Å²) in [4.78, 5) is 27.5. The van der Waals surface area contributed by atoms with E-state index < -0.39 is 0 Å². The van der Waals surface area contributed by atoms with Gasteiger partial charge in [-0.05, 0) is 49.5 Å². The quantitative estimate of drug-likeness (QED) is 0.522. The summed E-state index contributed by atoms with van der Waals surface area (Å²) in [5.74, 6) is -0.475. The van der Waals surface area contributed by atoms with Crippen molar-refractivity contribution >= 4 is 39.0 Å². The molecule has 1 aliphatic carbocycles. The molecule has 0 saturated carbocycles. The van der Waals surface area contributed by atoms with Crippen LogP contribution < -0.4 is 4.90 Å². The maximum Gasteiger partial charge on any atom is 0.266 e. The minimum Gasteiger partial charge on any atom is -0.268 e. The molecule has 4 rings (SSSR count). The molecule has 126 valence electrons. The summed E-state index contributed by atoms with van der Waals surface area (Å²) in [7, 11) is 0. The Morgan fingerprint density at radius 3 is 2.24 bits per heavy atom. The summed E-state index contributed by atoms with van der Waals surface area (Å²) in [6.45, 7) is 1.95. The second kappa shape index (κ2) is 6.26. The van der Waals surface area contributed by atoms with Crippen LogP contribution in [0.4, 0.5) is 5.69 Å². The summed E-state index contributed by atoms with van der Waals surface area (Å²) < 4.78 is 0. The maximum atomic E-state index is 13.0. The first-order chi connectivity index (χ1) is 12.1. The zero-order valence-corrected chi connectivity index (χ0v) is 15.5. The monoisotopic (exact) mass is 395 g/mol. The Hall–Kier alpha value is -2.20. The van der Waals surface area contributed by atoms with E-state index in [0.29, 0.717) is 16.8 Å². The van der Waals surface area contributed by atoms with Crippen LogP contribution in [0.2, 0.25) is 0 Å². The Morgan fingerprint density at radius 1 is 0.960 bits per heavy atom. The van der Waals surface area contributed by atoms with Gasteiger partial charge < -0.3 is 0 Å². The minimum atomic E-state index is -0.237. The number of fused-ring (bicyclic) bond motifs is 1. The van der Waals surface area contributed by atoms with E-state index >= 15 is 0 Å². The van der Waals surface area contributed by atoms with Gasteiger partial charge in [-0.1, -0.05) is 52.3 Å². The molecule has 1 heterocycles. The molecule has 2 aliphatic rings. The second-order valence-corrected chi connectivity index (χ2v) is 7.63. The number of amides is 2. The van der Waals surface area contributed by atoms with Gasteiger partial charge in [-0.2, -0.15) is 0 Å². The molecule has 0 saturated heterocycles. The molecule has 3 nitrogen and oxygen atoms in total. The number of allylic oxidation sites excluding steroid dienone is 2. The standard InChI is InChI=1S/C21H18BrNO2/c1-13-7-6-11-15(14-8-4-5-12-18(14)22)19(13)23-20(24)16-9-2-3-10-17(16)21(23)25/h2-3,6-11,18H,4-5,12H2,1H3. The molecule has 0 N–H and O–H groups in total. The SMILES string of the molecule is Cc1cccc(C2=CCCCC2Br)c1N1C(=O)c2ccccc2C1=O. The third-order valence-corrected chi connectivity index (χ3v) is 5.88. The minimum absolute atomic E-state index is 0.237. The zero-order chi connectivity index (χ0) is 17.6. The fraction of sp³-hybridized carbons (Fsp3) is 0.238. The lowest BCUT2D eigenvalue weighted by atomic mass is 9.91. The van der Waals surface area contributed by atoms with Crippen LogP contribution in [0.5, 0.6) is 0 Å². The highest BCUT2D eigenvalue weighted by atomic mass is 79.9. The van der Waals surface area contributed by atoms with Crippen LogP contribution in [-0.4, -0.2) is 16.6 Å². The van der Waals surface area contributed by atoms with E-state index in [1.165, 1.54) is 10.5 Å². The molecule has 0 bridgehead atoms. The van der Waals surface area contributed by atoms with E-state index in [2.05, 4.69) is 22.0 Å². The normalized spacial score (nSPS) is 19.8. The van der Waals surface area contributed by atoms with Gasteiger partial charge in [-0.25, -0.2) is 4.90 Å². The van der Waals surface area contributed by atoms with Crippen molar-refractivity contribution in [2.75, 3.05) is 4.90 Å². The van der Waals surface area contributed by atoms with Crippen molar-refractivity contribution in [1.29, 1.82) is 0 Å². The van der Waals surface area contributed by atoms with Crippen molar-refractivity contribution in [1.82, 2.24) is 0 Å². The van der Waals surface area contributed by atoms with Crippen LogP contribution in [0.1, 0.15) is 51.1 Å². The Kier molecular flexibility index (Phi) is 4.08. The number of rotatable bonds is 2. The molecule has 2 aromatic carbocycles. The van der Waals surface area contributed by atoms with E-state index in [-0.39, 0.29) is 16.6 Å². The number of halogens is 1. The summed E-state index contributed by atoms with van der Waals surface area (Å²) in [6, 6.07) is 13.0. The summed E-state index contributed by atoms with van der Waals surface area (Å²) in [5.41, 5.74) is 4.74. The van der Waals surface area contributed by atoms with Crippen molar-refractivity contribution in [2.45, 2.75) is 31.0 Å². The third kappa shape index (κ3) is 2.56. The zero-order valence-electron chi connectivity index (χ0n) is 14.0. The lowest BCUT2D eigenvalue weighted by Gasteiger charge is -2.26. The Morgan fingerprint density at radius 2 is 1.60 bits per heavy atom. The van der Waals surface area contributed by atoms with E-state index in [4.69, 9.17) is 0 Å². The van der Waals surface area contributed by atoms with Gasteiger partial charge in [0.2, 0.25) is 0 Å². The number of carbonyl (C=O) groups excluding carboxylic acids is 2. The predicted octanol–water partition coefficient (Wildman–Crippen LogP) is 5.13. The number of hydrogen-bond donors (Lipinski definition) is 0. The third-order valence-electron chi connectivity index (χ3n) is 4.93. The Labute approximate surface area is 155 Å². The number of alkyl halides is 1. The molecule has 25 heavy (non-hydrogen) atoms. The van der Waals surface area contributed by atoms with Crippen molar-refractivity contribution < 1.29 is 9.59 Å². The molecule has 0 aromatic heterocycles. The molecule has 0 fully saturated rings. The molecule has 1 aliphatic heterocycles. The number of para-hydroxylation sites is 1. The average molecular weight is 396 g/mol. The molecule has 0 spiro atoms. The first-order valence-corrected chi connectivity index (χ1v) is 9.43. The summed E-state index contributed by atoms with van der Waals surface area (Å²) >= 11 is 3.76. The van der Waals surface area contributed by atoms with E-state index in [0.717, 1.165) is 30.4 Å². The van der Waals surface area contributed by atoms with Gasteiger partial charge in [0.25, 0.3) is 11.8 Å².